The van der Waals surface area contributed by atoms with Crippen LogP contribution in [0.15, 0.2) is 36.5 Å². The highest BCUT2D eigenvalue weighted by molar-refractivity contribution is 5.78. The van der Waals surface area contributed by atoms with Crippen molar-refractivity contribution in [2.45, 2.75) is 39.2 Å². The van der Waals surface area contributed by atoms with Gasteiger partial charge < -0.3 is 9.47 Å². The number of aromatic nitrogens is 2. The molecule has 1 fully saturated rings. The molecule has 2 aromatic rings. The molecule has 1 saturated heterocycles. The van der Waals surface area contributed by atoms with Crippen molar-refractivity contribution in [1.29, 1.82) is 0 Å². The lowest BCUT2D eigenvalue weighted by Crippen LogP contribution is -2.41. The first-order valence-electron chi connectivity index (χ1n) is 7.97. The summed E-state index contributed by atoms with van der Waals surface area (Å²) in [6.07, 6.45) is 4.59. The van der Waals surface area contributed by atoms with E-state index in [0.29, 0.717) is 12.5 Å². The largest absolute Gasteiger partial charge is 0.340 e. The molecule has 1 aromatic heterocycles. The van der Waals surface area contributed by atoms with Crippen molar-refractivity contribution in [2.75, 3.05) is 13.1 Å². The summed E-state index contributed by atoms with van der Waals surface area (Å²) >= 11 is 0. The lowest BCUT2D eigenvalue weighted by molar-refractivity contribution is -0.132. The van der Waals surface area contributed by atoms with Crippen LogP contribution in [0.25, 0.3) is 0 Å². The number of hydrogen-bond donors (Lipinski definition) is 0. The molecule has 22 heavy (non-hydrogen) atoms. The number of likely N-dealkylation sites (tertiary alicyclic amines) is 1. The Morgan fingerprint density at radius 3 is 2.73 bits per heavy atom. The first-order valence-corrected chi connectivity index (χ1v) is 7.97. The summed E-state index contributed by atoms with van der Waals surface area (Å²) in [7, 11) is 0. The Kier molecular flexibility index (Phi) is 4.27. The van der Waals surface area contributed by atoms with Gasteiger partial charge in [-0.3, -0.25) is 4.79 Å². The van der Waals surface area contributed by atoms with Crippen LogP contribution in [-0.4, -0.2) is 33.4 Å². The fraction of sp³-hybridized carbons (Fsp3) is 0.444. The standard InChI is InChI=1S/C18H23N3O/c1-14-12-19-15(2)21(14)17-9-6-10-20(13-17)18(22)11-16-7-4-3-5-8-16/h3-5,7-8,12,17H,6,9-11,13H2,1-2H3. The minimum absolute atomic E-state index is 0.228. The number of rotatable bonds is 3. The molecule has 0 saturated carbocycles. The Bertz CT molecular complexity index is 628. The summed E-state index contributed by atoms with van der Waals surface area (Å²) in [5.41, 5.74) is 2.27. The highest BCUT2D eigenvalue weighted by atomic mass is 16.2. The van der Waals surface area contributed by atoms with E-state index < -0.39 is 0 Å². The van der Waals surface area contributed by atoms with Gasteiger partial charge in [-0.1, -0.05) is 30.3 Å². The molecule has 2 heterocycles. The maximum Gasteiger partial charge on any atom is 0.227 e. The highest BCUT2D eigenvalue weighted by Gasteiger charge is 2.26. The minimum atomic E-state index is 0.228. The van der Waals surface area contributed by atoms with Crippen LogP contribution in [-0.2, 0) is 11.2 Å². The highest BCUT2D eigenvalue weighted by Crippen LogP contribution is 2.25. The Morgan fingerprint density at radius 2 is 2.05 bits per heavy atom. The number of piperidine rings is 1. The van der Waals surface area contributed by atoms with Crippen molar-refractivity contribution in [3.05, 3.63) is 53.6 Å². The fourth-order valence-electron chi connectivity index (χ4n) is 3.39. The zero-order chi connectivity index (χ0) is 15.5. The van der Waals surface area contributed by atoms with Crippen molar-refractivity contribution in [1.82, 2.24) is 14.5 Å². The number of amides is 1. The molecular formula is C18H23N3O. The van der Waals surface area contributed by atoms with Crippen LogP contribution in [0.5, 0.6) is 0 Å². The molecule has 4 heteroatoms. The maximum atomic E-state index is 12.6. The first kappa shape index (κ1) is 14.8. The van der Waals surface area contributed by atoms with Crippen LogP contribution in [0.2, 0.25) is 0 Å². The van der Waals surface area contributed by atoms with E-state index in [4.69, 9.17) is 0 Å². The van der Waals surface area contributed by atoms with E-state index in [1.807, 2.05) is 48.4 Å². The second-order valence-corrected chi connectivity index (χ2v) is 6.11. The molecule has 1 aliphatic heterocycles. The fourth-order valence-corrected chi connectivity index (χ4v) is 3.39. The van der Waals surface area contributed by atoms with Crippen molar-refractivity contribution in [3.8, 4) is 0 Å². The second-order valence-electron chi connectivity index (χ2n) is 6.11. The molecule has 0 N–H and O–H groups in total. The summed E-state index contributed by atoms with van der Waals surface area (Å²) in [5, 5.41) is 0. The van der Waals surface area contributed by atoms with Gasteiger partial charge in [-0.25, -0.2) is 4.98 Å². The number of carbonyl (C=O) groups excluding carboxylic acids is 1. The summed E-state index contributed by atoms with van der Waals surface area (Å²) in [6.45, 7) is 5.79. The predicted octanol–water partition coefficient (Wildman–Crippen LogP) is 2.91. The lowest BCUT2D eigenvalue weighted by atomic mass is 10.0. The van der Waals surface area contributed by atoms with Gasteiger partial charge in [0.1, 0.15) is 5.82 Å². The minimum Gasteiger partial charge on any atom is -0.340 e. The third-order valence-electron chi connectivity index (χ3n) is 4.48. The maximum absolute atomic E-state index is 12.6. The van der Waals surface area contributed by atoms with Crippen LogP contribution < -0.4 is 0 Å². The number of aryl methyl sites for hydroxylation is 2. The van der Waals surface area contributed by atoms with Crippen molar-refractivity contribution < 1.29 is 4.79 Å². The zero-order valence-corrected chi connectivity index (χ0v) is 13.3. The van der Waals surface area contributed by atoms with E-state index >= 15 is 0 Å². The molecule has 3 rings (SSSR count). The van der Waals surface area contributed by atoms with Gasteiger partial charge in [-0.2, -0.15) is 0 Å². The number of hydrogen-bond acceptors (Lipinski definition) is 2. The Hall–Kier alpha value is -2.10. The quantitative estimate of drug-likeness (QED) is 0.873. The number of carbonyl (C=O) groups is 1. The average Bonchev–Trinajstić information content (AvgIpc) is 2.87. The molecule has 1 unspecified atom stereocenters. The van der Waals surface area contributed by atoms with Gasteiger partial charge in [-0.05, 0) is 32.3 Å². The summed E-state index contributed by atoms with van der Waals surface area (Å²) in [4.78, 5) is 19.0. The van der Waals surface area contributed by atoms with Gasteiger partial charge in [0.05, 0.1) is 12.5 Å². The van der Waals surface area contributed by atoms with Crippen molar-refractivity contribution in [2.24, 2.45) is 0 Å². The van der Waals surface area contributed by atoms with E-state index in [-0.39, 0.29) is 5.91 Å². The van der Waals surface area contributed by atoms with E-state index in [1.54, 1.807) is 0 Å². The number of imidazole rings is 1. The van der Waals surface area contributed by atoms with E-state index in [0.717, 1.165) is 37.3 Å². The molecule has 0 spiro atoms. The lowest BCUT2D eigenvalue weighted by Gasteiger charge is -2.34. The second kappa shape index (κ2) is 6.34. The molecule has 0 bridgehead atoms. The third-order valence-corrected chi connectivity index (χ3v) is 4.48. The van der Waals surface area contributed by atoms with Gasteiger partial charge in [0, 0.05) is 25.0 Å². The molecule has 0 radical (unpaired) electrons. The zero-order valence-electron chi connectivity index (χ0n) is 13.3. The Morgan fingerprint density at radius 1 is 1.27 bits per heavy atom. The molecule has 1 amide bonds. The number of benzene rings is 1. The van der Waals surface area contributed by atoms with E-state index in [9.17, 15) is 4.79 Å². The molecule has 1 aliphatic rings. The molecule has 1 atom stereocenters. The van der Waals surface area contributed by atoms with Crippen LogP contribution in [0.4, 0.5) is 0 Å². The molecular weight excluding hydrogens is 274 g/mol. The SMILES string of the molecule is Cc1cnc(C)n1C1CCCN(C(=O)Cc2ccccc2)C1. The van der Waals surface area contributed by atoms with Crippen LogP contribution in [0.1, 0.15) is 36.0 Å². The van der Waals surface area contributed by atoms with Gasteiger partial charge in [0.15, 0.2) is 0 Å². The van der Waals surface area contributed by atoms with Crippen LogP contribution in [0.3, 0.4) is 0 Å². The molecule has 1 aromatic carbocycles. The summed E-state index contributed by atoms with van der Waals surface area (Å²) in [5.74, 6) is 1.27. The third kappa shape index (κ3) is 3.06. The Labute approximate surface area is 131 Å². The average molecular weight is 297 g/mol. The monoisotopic (exact) mass is 297 g/mol. The number of nitrogens with zero attached hydrogens (tertiary/aromatic N) is 3. The van der Waals surface area contributed by atoms with Crippen molar-refractivity contribution in [3.63, 3.8) is 0 Å². The van der Waals surface area contributed by atoms with Gasteiger partial charge in [-0.15, -0.1) is 0 Å². The van der Waals surface area contributed by atoms with Gasteiger partial charge >= 0.3 is 0 Å². The first-order chi connectivity index (χ1) is 10.6. The normalized spacial score (nSPS) is 18.5. The predicted molar refractivity (Wildman–Crippen MR) is 86.7 cm³/mol. The van der Waals surface area contributed by atoms with Gasteiger partial charge in [0.25, 0.3) is 0 Å². The van der Waals surface area contributed by atoms with Crippen LogP contribution >= 0.6 is 0 Å². The summed E-state index contributed by atoms with van der Waals surface area (Å²) < 4.78 is 2.28. The summed E-state index contributed by atoms with van der Waals surface area (Å²) in [6, 6.07) is 10.3. The van der Waals surface area contributed by atoms with E-state index in [1.165, 1.54) is 5.69 Å². The molecule has 0 aliphatic carbocycles. The molecule has 116 valence electrons. The van der Waals surface area contributed by atoms with Gasteiger partial charge in [0.2, 0.25) is 5.91 Å². The molecule has 4 nitrogen and oxygen atoms in total. The van der Waals surface area contributed by atoms with Crippen LogP contribution in [0, 0.1) is 13.8 Å². The van der Waals surface area contributed by atoms with Crippen molar-refractivity contribution >= 4 is 5.91 Å². The smallest absolute Gasteiger partial charge is 0.227 e. The van der Waals surface area contributed by atoms with E-state index in [2.05, 4.69) is 16.5 Å². The Balaban J connectivity index is 1.69. The topological polar surface area (TPSA) is 38.1 Å².